The van der Waals surface area contributed by atoms with Gasteiger partial charge in [-0.3, -0.25) is 9.59 Å². The van der Waals surface area contributed by atoms with E-state index in [-0.39, 0.29) is 5.91 Å². The van der Waals surface area contributed by atoms with Gasteiger partial charge >= 0.3 is 0 Å². The highest BCUT2D eigenvalue weighted by molar-refractivity contribution is 5.99. The molecule has 0 aromatic heterocycles. The van der Waals surface area contributed by atoms with Gasteiger partial charge in [0.05, 0.1) is 11.8 Å². The Bertz CT molecular complexity index is 572. The lowest BCUT2D eigenvalue weighted by molar-refractivity contribution is -0.125. The molecule has 126 valence electrons. The van der Waals surface area contributed by atoms with Gasteiger partial charge in [-0.25, -0.2) is 8.78 Å². The minimum atomic E-state index is -0.830. The molecule has 0 saturated heterocycles. The van der Waals surface area contributed by atoms with Crippen LogP contribution in [0, 0.1) is 23.5 Å². The highest BCUT2D eigenvalue weighted by Crippen LogP contribution is 2.39. The molecule has 1 aliphatic carbocycles. The first-order valence-corrected chi connectivity index (χ1v) is 7.57. The smallest absolute Gasteiger partial charge is 0.228 e. The fourth-order valence-electron chi connectivity index (χ4n) is 2.35. The van der Waals surface area contributed by atoms with Gasteiger partial charge in [-0.05, 0) is 45.6 Å². The highest BCUT2D eigenvalue weighted by atomic mass is 19.1. The predicted octanol–water partition coefficient (Wildman–Crippen LogP) is 1.61. The van der Waals surface area contributed by atoms with Crippen molar-refractivity contribution in [3.8, 4) is 0 Å². The summed E-state index contributed by atoms with van der Waals surface area (Å²) >= 11 is 0. The largest absolute Gasteiger partial charge is 0.356 e. The summed E-state index contributed by atoms with van der Waals surface area (Å²) in [4.78, 5) is 25.9. The van der Waals surface area contributed by atoms with Crippen molar-refractivity contribution in [1.82, 2.24) is 10.2 Å². The Morgan fingerprint density at radius 3 is 2.39 bits per heavy atom. The number of nitrogens with one attached hydrogen (secondary N) is 2. The van der Waals surface area contributed by atoms with Crippen molar-refractivity contribution in [2.45, 2.75) is 12.8 Å². The van der Waals surface area contributed by atoms with Crippen molar-refractivity contribution in [1.29, 1.82) is 0 Å². The Morgan fingerprint density at radius 1 is 1.17 bits per heavy atom. The Labute approximate surface area is 134 Å². The van der Waals surface area contributed by atoms with Crippen molar-refractivity contribution in [2.75, 3.05) is 32.5 Å². The maximum atomic E-state index is 13.5. The van der Waals surface area contributed by atoms with E-state index < -0.39 is 35.1 Å². The van der Waals surface area contributed by atoms with Crippen molar-refractivity contribution in [3.63, 3.8) is 0 Å². The molecule has 0 spiro atoms. The minimum Gasteiger partial charge on any atom is -0.356 e. The topological polar surface area (TPSA) is 61.4 Å². The van der Waals surface area contributed by atoms with E-state index in [0.29, 0.717) is 13.0 Å². The van der Waals surface area contributed by atoms with Crippen LogP contribution in [0.3, 0.4) is 0 Å². The predicted molar refractivity (Wildman–Crippen MR) is 82.8 cm³/mol. The molecule has 5 nitrogen and oxygen atoms in total. The molecule has 2 unspecified atom stereocenters. The molecule has 23 heavy (non-hydrogen) atoms. The van der Waals surface area contributed by atoms with E-state index in [0.717, 1.165) is 25.1 Å². The van der Waals surface area contributed by atoms with E-state index in [4.69, 9.17) is 0 Å². The molecular weight excluding hydrogens is 304 g/mol. The third kappa shape index (κ3) is 4.72. The second-order valence-electron chi connectivity index (χ2n) is 5.98. The molecule has 1 aliphatic rings. The van der Waals surface area contributed by atoms with Crippen LogP contribution in [-0.4, -0.2) is 43.9 Å². The van der Waals surface area contributed by atoms with Crippen molar-refractivity contribution < 1.29 is 18.4 Å². The van der Waals surface area contributed by atoms with Crippen molar-refractivity contribution >= 4 is 17.5 Å². The van der Waals surface area contributed by atoms with Gasteiger partial charge in [0.15, 0.2) is 0 Å². The number of carbonyl (C=O) groups is 2. The van der Waals surface area contributed by atoms with Crippen LogP contribution in [0.4, 0.5) is 14.5 Å². The molecule has 0 radical (unpaired) electrons. The fourth-order valence-corrected chi connectivity index (χ4v) is 2.35. The van der Waals surface area contributed by atoms with Crippen molar-refractivity contribution in [2.24, 2.45) is 11.8 Å². The number of nitrogens with zero attached hydrogens (tertiary/aromatic N) is 1. The summed E-state index contributed by atoms with van der Waals surface area (Å²) in [6.45, 7) is 1.41. The normalized spacial score (nSPS) is 19.5. The van der Waals surface area contributed by atoms with Crippen LogP contribution < -0.4 is 10.6 Å². The second kappa shape index (κ2) is 7.50. The van der Waals surface area contributed by atoms with E-state index >= 15 is 0 Å². The number of carbonyl (C=O) groups excluding carboxylic acids is 2. The van der Waals surface area contributed by atoms with Gasteiger partial charge in [0.2, 0.25) is 11.8 Å². The van der Waals surface area contributed by atoms with Crippen LogP contribution >= 0.6 is 0 Å². The zero-order valence-corrected chi connectivity index (χ0v) is 13.2. The molecule has 0 aliphatic heterocycles. The summed E-state index contributed by atoms with van der Waals surface area (Å²) in [6.07, 6.45) is 1.23. The average molecular weight is 325 g/mol. The number of anilines is 1. The van der Waals surface area contributed by atoms with E-state index in [1.54, 1.807) is 0 Å². The third-order valence-corrected chi connectivity index (χ3v) is 3.76. The van der Waals surface area contributed by atoms with Gasteiger partial charge in [0.25, 0.3) is 0 Å². The molecule has 2 amide bonds. The van der Waals surface area contributed by atoms with Gasteiger partial charge in [-0.15, -0.1) is 0 Å². The summed E-state index contributed by atoms with van der Waals surface area (Å²) in [5, 5.41) is 5.01. The maximum absolute atomic E-state index is 13.5. The zero-order chi connectivity index (χ0) is 17.0. The molecule has 0 bridgehead atoms. The first-order valence-electron chi connectivity index (χ1n) is 7.57. The lowest BCUT2D eigenvalue weighted by Gasteiger charge is -2.10. The number of amides is 2. The van der Waals surface area contributed by atoms with Crippen LogP contribution in [0.2, 0.25) is 0 Å². The standard InChI is InChI=1S/C16H21F2N3O2/c1-21(2)8-4-7-19-15(22)10-9-11(10)16(23)20-14-12(17)5-3-6-13(14)18/h3,5-6,10-11H,4,7-9H2,1-2H3,(H,19,22)(H,20,23). The molecule has 2 rings (SSSR count). The fraction of sp³-hybridized carbons (Fsp3) is 0.500. The average Bonchev–Trinajstić information content (AvgIpc) is 3.27. The first kappa shape index (κ1) is 17.3. The number of rotatable bonds is 7. The summed E-state index contributed by atoms with van der Waals surface area (Å²) in [7, 11) is 3.90. The Kier molecular flexibility index (Phi) is 5.65. The monoisotopic (exact) mass is 325 g/mol. The number of hydrogen-bond donors (Lipinski definition) is 2. The van der Waals surface area contributed by atoms with Crippen LogP contribution in [0.1, 0.15) is 12.8 Å². The Morgan fingerprint density at radius 2 is 1.78 bits per heavy atom. The van der Waals surface area contributed by atoms with E-state index in [1.165, 1.54) is 6.07 Å². The molecule has 1 saturated carbocycles. The molecule has 1 aromatic carbocycles. The van der Waals surface area contributed by atoms with Gasteiger partial charge < -0.3 is 15.5 Å². The van der Waals surface area contributed by atoms with Crippen LogP contribution in [0.15, 0.2) is 18.2 Å². The maximum Gasteiger partial charge on any atom is 0.228 e. The van der Waals surface area contributed by atoms with Gasteiger partial charge in [0, 0.05) is 6.54 Å². The van der Waals surface area contributed by atoms with Gasteiger partial charge in [0.1, 0.15) is 17.3 Å². The lowest BCUT2D eigenvalue weighted by atomic mass is 10.2. The molecule has 0 heterocycles. The summed E-state index contributed by atoms with van der Waals surface area (Å²) in [5.41, 5.74) is -0.463. The summed E-state index contributed by atoms with van der Waals surface area (Å²) in [5.74, 6) is -3.31. The molecule has 2 N–H and O–H groups in total. The van der Waals surface area contributed by atoms with E-state index in [2.05, 4.69) is 10.6 Å². The number of benzene rings is 1. The molecular formula is C16H21F2N3O2. The second-order valence-corrected chi connectivity index (χ2v) is 5.98. The molecule has 1 aromatic rings. The quantitative estimate of drug-likeness (QED) is 0.749. The van der Waals surface area contributed by atoms with E-state index in [9.17, 15) is 18.4 Å². The molecule has 1 fully saturated rings. The Balaban J connectivity index is 1.79. The first-order chi connectivity index (χ1) is 10.9. The van der Waals surface area contributed by atoms with Crippen molar-refractivity contribution in [3.05, 3.63) is 29.8 Å². The van der Waals surface area contributed by atoms with Crippen LogP contribution in [0.25, 0.3) is 0 Å². The van der Waals surface area contributed by atoms with Crippen LogP contribution in [-0.2, 0) is 9.59 Å². The number of para-hydroxylation sites is 1. The lowest BCUT2D eigenvalue weighted by Crippen LogP contribution is -2.30. The zero-order valence-electron chi connectivity index (χ0n) is 13.2. The number of hydrogen-bond acceptors (Lipinski definition) is 3. The molecule has 2 atom stereocenters. The van der Waals surface area contributed by atoms with E-state index in [1.807, 2.05) is 19.0 Å². The molecule has 7 heteroatoms. The summed E-state index contributed by atoms with van der Waals surface area (Å²) in [6, 6.07) is 3.36. The SMILES string of the molecule is CN(C)CCCNC(=O)C1CC1C(=O)Nc1c(F)cccc1F. The highest BCUT2D eigenvalue weighted by Gasteiger charge is 2.48. The van der Waals surface area contributed by atoms with Gasteiger partial charge in [-0.2, -0.15) is 0 Å². The van der Waals surface area contributed by atoms with Gasteiger partial charge in [-0.1, -0.05) is 6.07 Å². The minimum absolute atomic E-state index is 0.182. The van der Waals surface area contributed by atoms with Crippen LogP contribution in [0.5, 0.6) is 0 Å². The summed E-state index contributed by atoms with van der Waals surface area (Å²) < 4.78 is 27.0. The third-order valence-electron chi connectivity index (χ3n) is 3.76. The Hall–Kier alpha value is -2.02. The number of halogens is 2.